The number of aromatic hydroxyl groups is 1. The van der Waals surface area contributed by atoms with Gasteiger partial charge in [0, 0.05) is 6.42 Å². The van der Waals surface area contributed by atoms with E-state index in [1.54, 1.807) is 0 Å². The monoisotopic (exact) mass is 232 g/mol. The van der Waals surface area contributed by atoms with Crippen molar-refractivity contribution in [3.05, 3.63) is 23.8 Å². The molecule has 0 aliphatic carbocycles. The van der Waals surface area contributed by atoms with Gasteiger partial charge in [0.15, 0.2) is 17.3 Å². The molecule has 0 saturated heterocycles. The van der Waals surface area contributed by atoms with Crippen molar-refractivity contribution in [3.8, 4) is 11.5 Å². The topological polar surface area (TPSA) is 86.7 Å². The molecule has 0 bridgehead atoms. The van der Waals surface area contributed by atoms with Crippen LogP contribution in [-0.4, -0.2) is 24.0 Å². The van der Waals surface area contributed by atoms with Crippen LogP contribution in [-0.2, 0) is 16.0 Å². The fourth-order valence-electron chi connectivity index (χ4n) is 1.09. The molecule has 16 heavy (non-hydrogen) atoms. The van der Waals surface area contributed by atoms with Crippen LogP contribution in [0.25, 0.3) is 0 Å². The molecule has 0 heterocycles. The van der Waals surface area contributed by atoms with Crippen LogP contribution in [0.3, 0.4) is 0 Å². The van der Waals surface area contributed by atoms with Gasteiger partial charge < -0.3 is 19.7 Å². The molecule has 0 saturated carbocycles. The Morgan fingerprint density at radius 3 is 2.56 bits per heavy atom. The maximum Gasteiger partial charge on any atom is 1.00 e. The molecule has 1 aromatic rings. The molecule has 0 unspecified atom stereocenters. The molecule has 0 aliphatic heterocycles. The Hall–Kier alpha value is -1.04. The summed E-state index contributed by atoms with van der Waals surface area (Å²) >= 11 is 0. The van der Waals surface area contributed by atoms with E-state index >= 15 is 0 Å². The number of carboxylic acid groups (broad SMARTS) is 1. The number of phenolic OH excluding ortho intramolecular Hbond substituents is 1. The number of carbonyl (C=O) groups excluding carboxylic acids is 2. The van der Waals surface area contributed by atoms with E-state index in [4.69, 9.17) is 4.74 Å². The van der Waals surface area contributed by atoms with E-state index in [1.807, 2.05) is 0 Å². The normalized spacial score (nSPS) is 9.06. The molecule has 0 atom stereocenters. The van der Waals surface area contributed by atoms with Crippen molar-refractivity contribution in [2.75, 3.05) is 7.11 Å². The summed E-state index contributed by atoms with van der Waals surface area (Å²) in [5.41, 5.74) is 0.443. The Labute approximate surface area is 114 Å². The molecule has 0 spiro atoms. The number of benzene rings is 1. The molecule has 0 aliphatic rings. The van der Waals surface area contributed by atoms with E-state index in [1.165, 1.54) is 25.3 Å². The second-order valence-corrected chi connectivity index (χ2v) is 2.89. The van der Waals surface area contributed by atoms with E-state index in [-0.39, 0.29) is 47.5 Å². The van der Waals surface area contributed by atoms with Gasteiger partial charge >= 0.3 is 29.6 Å². The summed E-state index contributed by atoms with van der Waals surface area (Å²) in [7, 11) is 1.36. The third-order valence-electron chi connectivity index (χ3n) is 1.84. The maximum absolute atomic E-state index is 10.8. The van der Waals surface area contributed by atoms with Crippen molar-refractivity contribution in [1.82, 2.24) is 0 Å². The van der Waals surface area contributed by atoms with Gasteiger partial charge in [-0.05, 0) is 17.7 Å². The minimum absolute atomic E-state index is 0. The Bertz CT molecular complexity index is 402. The van der Waals surface area contributed by atoms with Crippen LogP contribution in [0.1, 0.15) is 5.56 Å². The molecule has 6 heteroatoms. The summed E-state index contributed by atoms with van der Waals surface area (Å²) < 4.78 is 4.80. The van der Waals surface area contributed by atoms with Crippen molar-refractivity contribution in [2.45, 2.75) is 6.42 Å². The van der Waals surface area contributed by atoms with Crippen molar-refractivity contribution < 1.29 is 54.1 Å². The molecule has 1 N–H and O–H groups in total. The van der Waals surface area contributed by atoms with Gasteiger partial charge in [-0.2, -0.15) is 0 Å². The molecule has 0 fully saturated rings. The number of aliphatic carboxylic acids is 1. The number of ether oxygens (including phenoxy) is 1. The van der Waals surface area contributed by atoms with Gasteiger partial charge in [-0.25, -0.2) is 0 Å². The average molecular weight is 232 g/mol. The quantitative estimate of drug-likeness (QED) is 0.426. The number of rotatable bonds is 4. The Balaban J connectivity index is 0.00000225. The first-order valence-electron chi connectivity index (χ1n) is 4.14. The van der Waals surface area contributed by atoms with Crippen LogP contribution < -0.4 is 39.4 Å². The number of methoxy groups -OCH3 is 1. The van der Waals surface area contributed by atoms with Crippen LogP contribution in [0.2, 0.25) is 0 Å². The number of Topliss-reactive ketones (excluding diaryl/α,β-unsaturated/α-hetero) is 1. The molecular formula is C10H9NaO5. The van der Waals surface area contributed by atoms with Crippen molar-refractivity contribution in [2.24, 2.45) is 0 Å². The van der Waals surface area contributed by atoms with Gasteiger partial charge in [0.2, 0.25) is 0 Å². The number of hydrogen-bond acceptors (Lipinski definition) is 5. The SMILES string of the molecule is COc1cc(CC(=O)C(=O)[O-])ccc1O.[Na+]. The van der Waals surface area contributed by atoms with Gasteiger partial charge in [0.25, 0.3) is 0 Å². The fraction of sp³-hybridized carbons (Fsp3) is 0.200. The zero-order valence-corrected chi connectivity index (χ0v) is 11.0. The van der Waals surface area contributed by atoms with Crippen LogP contribution >= 0.6 is 0 Å². The van der Waals surface area contributed by atoms with E-state index in [9.17, 15) is 19.8 Å². The third-order valence-corrected chi connectivity index (χ3v) is 1.84. The minimum atomic E-state index is -1.72. The first-order chi connectivity index (χ1) is 7.04. The van der Waals surface area contributed by atoms with E-state index in [2.05, 4.69) is 0 Å². The van der Waals surface area contributed by atoms with Gasteiger partial charge in [0.1, 0.15) is 5.97 Å². The second-order valence-electron chi connectivity index (χ2n) is 2.89. The molecule has 0 aromatic heterocycles. The summed E-state index contributed by atoms with van der Waals surface area (Å²) in [6.07, 6.45) is -0.279. The number of carbonyl (C=O) groups is 2. The summed E-state index contributed by atoms with van der Waals surface area (Å²) in [6.45, 7) is 0. The predicted molar refractivity (Wildman–Crippen MR) is 48.4 cm³/mol. The number of hydrogen-bond donors (Lipinski definition) is 1. The van der Waals surface area contributed by atoms with E-state index in [0.29, 0.717) is 5.56 Å². The molecule has 1 aromatic carbocycles. The zero-order valence-electron chi connectivity index (χ0n) is 9.02. The Morgan fingerprint density at radius 2 is 2.06 bits per heavy atom. The average Bonchev–Trinajstić information content (AvgIpc) is 2.20. The molecule has 80 valence electrons. The Kier molecular flexibility index (Phi) is 6.10. The second kappa shape index (κ2) is 6.52. The first-order valence-corrected chi connectivity index (χ1v) is 4.14. The van der Waals surface area contributed by atoms with Gasteiger partial charge in [-0.15, -0.1) is 0 Å². The maximum atomic E-state index is 10.8. The van der Waals surface area contributed by atoms with Crippen molar-refractivity contribution >= 4 is 11.8 Å². The molecule has 0 amide bonds. The molecule has 5 nitrogen and oxygen atoms in total. The van der Waals surface area contributed by atoms with E-state index < -0.39 is 11.8 Å². The van der Waals surface area contributed by atoms with Gasteiger partial charge in [-0.3, -0.25) is 4.79 Å². The minimum Gasteiger partial charge on any atom is -0.542 e. The number of carboxylic acids is 1. The number of phenols is 1. The van der Waals surface area contributed by atoms with Gasteiger partial charge in [-0.1, -0.05) is 6.07 Å². The van der Waals surface area contributed by atoms with Crippen molar-refractivity contribution in [3.63, 3.8) is 0 Å². The molecule has 0 radical (unpaired) electrons. The fourth-order valence-corrected chi connectivity index (χ4v) is 1.09. The standard InChI is InChI=1S/C10H10O5.Na/c1-15-9-5-6(2-3-7(9)11)4-8(12)10(13)14;/h2-3,5,11H,4H2,1H3,(H,13,14);/q;+1/p-1. The smallest absolute Gasteiger partial charge is 0.542 e. The summed E-state index contributed by atoms with van der Waals surface area (Å²) in [4.78, 5) is 21.0. The van der Waals surface area contributed by atoms with Crippen LogP contribution in [0.4, 0.5) is 0 Å². The molecular weight excluding hydrogens is 223 g/mol. The predicted octanol–water partition coefficient (Wildman–Crippen LogP) is -3.73. The zero-order chi connectivity index (χ0) is 11.4. The van der Waals surface area contributed by atoms with Crippen molar-refractivity contribution in [1.29, 1.82) is 0 Å². The van der Waals surface area contributed by atoms with E-state index in [0.717, 1.165) is 0 Å². The van der Waals surface area contributed by atoms with Gasteiger partial charge in [0.05, 0.1) is 7.11 Å². The van der Waals surface area contributed by atoms with Crippen LogP contribution in [0.5, 0.6) is 11.5 Å². The first kappa shape index (κ1) is 15.0. The van der Waals surface area contributed by atoms with Crippen LogP contribution in [0, 0.1) is 0 Å². The Morgan fingerprint density at radius 1 is 1.44 bits per heavy atom. The van der Waals surface area contributed by atoms with Crippen LogP contribution in [0.15, 0.2) is 18.2 Å². The summed E-state index contributed by atoms with van der Waals surface area (Å²) in [5, 5.41) is 19.4. The molecule has 1 rings (SSSR count). The number of ketones is 1. The third kappa shape index (κ3) is 3.84. The summed E-state index contributed by atoms with van der Waals surface area (Å²) in [5.74, 6) is -2.61. The summed E-state index contributed by atoms with van der Waals surface area (Å²) in [6, 6.07) is 4.17. The largest absolute Gasteiger partial charge is 1.00 e.